The number of hydrogen-bond donors (Lipinski definition) is 2. The summed E-state index contributed by atoms with van der Waals surface area (Å²) >= 11 is 0. The van der Waals surface area contributed by atoms with Gasteiger partial charge in [0.2, 0.25) is 0 Å². The first-order chi connectivity index (χ1) is 13.8. The zero-order chi connectivity index (χ0) is 19.2. The second kappa shape index (κ2) is 10.6. The van der Waals surface area contributed by atoms with E-state index in [1.807, 2.05) is 12.3 Å². The number of rotatable bonds is 7. The Morgan fingerprint density at radius 2 is 1.72 bits per heavy atom. The molecular weight excluding hydrogens is 385 g/mol. The van der Waals surface area contributed by atoms with E-state index < -0.39 is 0 Å². The van der Waals surface area contributed by atoms with E-state index in [2.05, 4.69) is 39.6 Å². The third-order valence-corrected chi connectivity index (χ3v) is 5.74. The van der Waals surface area contributed by atoms with Gasteiger partial charge in [0, 0.05) is 0 Å². The summed E-state index contributed by atoms with van der Waals surface area (Å²) in [6, 6.07) is 17.2. The van der Waals surface area contributed by atoms with E-state index in [0.717, 1.165) is 36.0 Å². The highest BCUT2D eigenvalue weighted by Crippen LogP contribution is 2.25. The largest absolute Gasteiger partial charge is 0.341 e. The second-order valence-corrected chi connectivity index (χ2v) is 7.84. The van der Waals surface area contributed by atoms with Crippen LogP contribution < -0.4 is 5.32 Å². The summed E-state index contributed by atoms with van der Waals surface area (Å²) in [4.78, 5) is 8.12. The van der Waals surface area contributed by atoms with Gasteiger partial charge in [0.25, 0.3) is 0 Å². The zero-order valence-electron chi connectivity index (χ0n) is 16.6. The molecule has 3 aromatic rings. The van der Waals surface area contributed by atoms with Crippen molar-refractivity contribution in [2.75, 3.05) is 6.54 Å². The molecule has 0 saturated heterocycles. The molecule has 154 valence electrons. The summed E-state index contributed by atoms with van der Waals surface area (Å²) in [6.45, 7) is 1.03. The average molecular weight is 414 g/mol. The predicted octanol–water partition coefficient (Wildman–Crippen LogP) is 6.09. The van der Waals surface area contributed by atoms with Gasteiger partial charge in [-0.25, -0.2) is 9.37 Å². The molecule has 2 N–H and O–H groups in total. The number of H-pyrrole nitrogens is 1. The van der Waals surface area contributed by atoms with E-state index in [4.69, 9.17) is 0 Å². The Labute approximate surface area is 178 Å². The minimum atomic E-state index is -0.223. The Bertz CT molecular complexity index is 857. The topological polar surface area (TPSA) is 40.7 Å². The standard InChI is InChI=1S/C24H28FN3.ClH/c25-21-13-11-20(12-14-21)23-17-27-24(28-23)22(15-18-7-3-1-4-8-18)26-16-19-9-5-2-6-10-19;/h1,3-4,7-8,11-14,17,19,22,26H,2,5-6,9-10,15-16H2,(H,27,28);1H/t22-;/m1./s1. The van der Waals surface area contributed by atoms with Crippen molar-refractivity contribution < 1.29 is 4.39 Å². The van der Waals surface area contributed by atoms with Crippen molar-refractivity contribution in [3.05, 3.63) is 78.0 Å². The maximum absolute atomic E-state index is 13.2. The molecule has 0 radical (unpaired) electrons. The molecule has 0 bridgehead atoms. The van der Waals surface area contributed by atoms with E-state index >= 15 is 0 Å². The third-order valence-electron chi connectivity index (χ3n) is 5.74. The van der Waals surface area contributed by atoms with Crippen molar-refractivity contribution >= 4 is 12.4 Å². The predicted molar refractivity (Wildman–Crippen MR) is 119 cm³/mol. The Hall–Kier alpha value is -2.17. The lowest BCUT2D eigenvalue weighted by Crippen LogP contribution is -2.30. The van der Waals surface area contributed by atoms with Gasteiger partial charge in [-0.1, -0.05) is 49.6 Å². The van der Waals surface area contributed by atoms with E-state index in [0.29, 0.717) is 0 Å². The first-order valence-electron chi connectivity index (χ1n) is 10.4. The van der Waals surface area contributed by atoms with Crippen LogP contribution in [-0.4, -0.2) is 16.5 Å². The lowest BCUT2D eigenvalue weighted by Gasteiger charge is -2.25. The van der Waals surface area contributed by atoms with Crippen LogP contribution in [0.25, 0.3) is 11.3 Å². The van der Waals surface area contributed by atoms with Crippen molar-refractivity contribution in [2.45, 2.75) is 44.6 Å². The molecule has 1 aliphatic rings. The second-order valence-electron chi connectivity index (χ2n) is 7.84. The van der Waals surface area contributed by atoms with Gasteiger partial charge in [-0.3, -0.25) is 0 Å². The van der Waals surface area contributed by atoms with Crippen molar-refractivity contribution in [3.8, 4) is 11.3 Å². The number of hydrogen-bond acceptors (Lipinski definition) is 2. The molecule has 4 rings (SSSR count). The molecule has 0 aliphatic heterocycles. The highest BCUT2D eigenvalue weighted by atomic mass is 35.5. The minimum Gasteiger partial charge on any atom is -0.341 e. The summed E-state index contributed by atoms with van der Waals surface area (Å²) in [5, 5.41) is 3.77. The molecule has 1 aromatic heterocycles. The zero-order valence-corrected chi connectivity index (χ0v) is 17.4. The number of aromatic amines is 1. The smallest absolute Gasteiger partial charge is 0.124 e. The van der Waals surface area contributed by atoms with Gasteiger partial charge >= 0.3 is 0 Å². The third kappa shape index (κ3) is 5.91. The quantitative estimate of drug-likeness (QED) is 0.492. The Morgan fingerprint density at radius 1 is 1.00 bits per heavy atom. The van der Waals surface area contributed by atoms with Crippen LogP contribution in [0.3, 0.4) is 0 Å². The van der Waals surface area contributed by atoms with Gasteiger partial charge in [-0.05, 0) is 67.1 Å². The fraction of sp³-hybridized carbons (Fsp3) is 0.375. The van der Waals surface area contributed by atoms with Crippen LogP contribution in [0.15, 0.2) is 60.8 Å². The lowest BCUT2D eigenvalue weighted by molar-refractivity contribution is 0.325. The summed E-state index contributed by atoms with van der Waals surface area (Å²) in [5.41, 5.74) is 3.17. The fourth-order valence-corrected chi connectivity index (χ4v) is 4.11. The number of benzene rings is 2. The van der Waals surface area contributed by atoms with Crippen LogP contribution in [0.4, 0.5) is 4.39 Å². The van der Waals surface area contributed by atoms with E-state index in [1.165, 1.54) is 49.8 Å². The molecule has 29 heavy (non-hydrogen) atoms. The highest BCUT2D eigenvalue weighted by molar-refractivity contribution is 5.85. The maximum atomic E-state index is 13.2. The number of nitrogens with zero attached hydrogens (tertiary/aromatic N) is 1. The molecule has 1 saturated carbocycles. The number of aromatic nitrogens is 2. The van der Waals surface area contributed by atoms with Gasteiger partial charge in [0.1, 0.15) is 11.6 Å². The summed E-state index contributed by atoms with van der Waals surface area (Å²) in [7, 11) is 0. The SMILES string of the molecule is Cl.Fc1ccc(-c2cnc([C@@H](Cc3ccccc3)NCC3CCCCC3)[nH]2)cc1. The number of nitrogens with one attached hydrogen (secondary N) is 2. The molecule has 3 nitrogen and oxygen atoms in total. The first kappa shape index (κ1) is 21.5. The van der Waals surface area contributed by atoms with Gasteiger partial charge in [-0.2, -0.15) is 0 Å². The molecule has 0 spiro atoms. The van der Waals surface area contributed by atoms with Crippen molar-refractivity contribution in [1.82, 2.24) is 15.3 Å². The van der Waals surface area contributed by atoms with Gasteiger partial charge < -0.3 is 10.3 Å². The van der Waals surface area contributed by atoms with Gasteiger partial charge in [0.05, 0.1) is 17.9 Å². The molecule has 0 amide bonds. The minimum absolute atomic E-state index is 0. The van der Waals surface area contributed by atoms with E-state index in [1.54, 1.807) is 12.1 Å². The van der Waals surface area contributed by atoms with E-state index in [9.17, 15) is 4.39 Å². The molecule has 5 heteroatoms. The van der Waals surface area contributed by atoms with Crippen LogP contribution in [0.1, 0.15) is 49.5 Å². The van der Waals surface area contributed by atoms with Crippen LogP contribution in [0, 0.1) is 11.7 Å². The highest BCUT2D eigenvalue weighted by Gasteiger charge is 2.19. The molecular formula is C24H29ClFN3. The maximum Gasteiger partial charge on any atom is 0.124 e. The van der Waals surface area contributed by atoms with Crippen molar-refractivity contribution in [1.29, 1.82) is 0 Å². The normalized spacial score (nSPS) is 15.6. The van der Waals surface area contributed by atoms with Crippen molar-refractivity contribution in [2.24, 2.45) is 5.92 Å². The van der Waals surface area contributed by atoms with Crippen molar-refractivity contribution in [3.63, 3.8) is 0 Å². The molecule has 1 fully saturated rings. The molecule has 1 aliphatic carbocycles. The Balaban J connectivity index is 0.00000240. The Morgan fingerprint density at radius 3 is 2.45 bits per heavy atom. The van der Waals surface area contributed by atoms with E-state index in [-0.39, 0.29) is 24.3 Å². The average Bonchev–Trinajstić information content (AvgIpc) is 3.23. The monoisotopic (exact) mass is 413 g/mol. The number of halogens is 2. The van der Waals surface area contributed by atoms with Gasteiger partial charge in [0.15, 0.2) is 0 Å². The summed E-state index contributed by atoms with van der Waals surface area (Å²) in [5.74, 6) is 1.48. The first-order valence-corrected chi connectivity index (χ1v) is 10.4. The summed E-state index contributed by atoms with van der Waals surface area (Å²) in [6.07, 6.45) is 9.47. The molecule has 1 atom stereocenters. The van der Waals surface area contributed by atoms with Crippen LogP contribution in [0.2, 0.25) is 0 Å². The summed E-state index contributed by atoms with van der Waals surface area (Å²) < 4.78 is 13.2. The molecule has 2 aromatic carbocycles. The van der Waals surface area contributed by atoms with Gasteiger partial charge in [-0.15, -0.1) is 12.4 Å². The number of imidazole rings is 1. The van der Waals surface area contributed by atoms with Crippen LogP contribution >= 0.6 is 12.4 Å². The lowest BCUT2D eigenvalue weighted by atomic mass is 9.89. The van der Waals surface area contributed by atoms with Crippen LogP contribution in [0.5, 0.6) is 0 Å². The Kier molecular flexibility index (Phi) is 7.84. The molecule has 0 unspecified atom stereocenters. The fourth-order valence-electron chi connectivity index (χ4n) is 4.11. The van der Waals surface area contributed by atoms with Crippen LogP contribution in [-0.2, 0) is 6.42 Å². The molecule has 1 heterocycles.